The van der Waals surface area contributed by atoms with Gasteiger partial charge in [-0.3, -0.25) is 9.69 Å². The number of nitrogens with zero attached hydrogens (tertiary/aromatic N) is 4. The summed E-state index contributed by atoms with van der Waals surface area (Å²) >= 11 is 1.64. The van der Waals surface area contributed by atoms with E-state index in [2.05, 4.69) is 15.9 Å². The van der Waals surface area contributed by atoms with E-state index >= 15 is 0 Å². The van der Waals surface area contributed by atoms with Crippen LogP contribution in [0.4, 0.5) is 5.82 Å². The lowest BCUT2D eigenvalue weighted by Gasteiger charge is -2.39. The molecule has 1 fully saturated rings. The van der Waals surface area contributed by atoms with Crippen LogP contribution in [0.2, 0.25) is 0 Å². The van der Waals surface area contributed by atoms with Gasteiger partial charge in [0.25, 0.3) is 0 Å². The maximum absolute atomic E-state index is 12.2. The van der Waals surface area contributed by atoms with Crippen molar-refractivity contribution in [2.75, 3.05) is 31.1 Å². The largest absolute Gasteiger partial charge is 0.368 e. The minimum Gasteiger partial charge on any atom is -0.368 e. The second-order valence-electron chi connectivity index (χ2n) is 7.60. The molecule has 4 aromatic rings. The molecule has 0 saturated carbocycles. The molecule has 1 aliphatic rings. The molecule has 0 aliphatic carbocycles. The Balaban J connectivity index is 1.43. The van der Waals surface area contributed by atoms with Crippen LogP contribution in [0.1, 0.15) is 11.6 Å². The van der Waals surface area contributed by atoms with Crippen LogP contribution >= 0.6 is 11.3 Å². The molecule has 1 saturated heterocycles. The number of anilines is 1. The molecule has 1 amide bonds. The van der Waals surface area contributed by atoms with Crippen LogP contribution in [0, 0.1) is 0 Å². The predicted molar refractivity (Wildman–Crippen MR) is 125 cm³/mol. The summed E-state index contributed by atoms with van der Waals surface area (Å²) in [6.45, 7) is 2.99. The molecular formula is C24H23N5OS. The molecule has 31 heavy (non-hydrogen) atoms. The number of benzene rings is 2. The van der Waals surface area contributed by atoms with Gasteiger partial charge in [-0.2, -0.15) is 0 Å². The van der Waals surface area contributed by atoms with Gasteiger partial charge in [-0.25, -0.2) is 9.97 Å². The fourth-order valence-corrected chi connectivity index (χ4v) is 4.86. The summed E-state index contributed by atoms with van der Waals surface area (Å²) in [5.41, 5.74) is 7.66. The lowest BCUT2D eigenvalue weighted by molar-refractivity contribution is -0.123. The first-order valence-corrected chi connectivity index (χ1v) is 11.2. The molecule has 5 rings (SSSR count). The van der Waals surface area contributed by atoms with Crippen LogP contribution in [0.5, 0.6) is 0 Å². The van der Waals surface area contributed by atoms with Crippen molar-refractivity contribution in [3.63, 3.8) is 0 Å². The highest BCUT2D eigenvalue weighted by Crippen LogP contribution is 2.31. The zero-order valence-corrected chi connectivity index (χ0v) is 17.8. The van der Waals surface area contributed by atoms with Crippen LogP contribution < -0.4 is 10.6 Å². The maximum Gasteiger partial charge on any atom is 0.239 e. The van der Waals surface area contributed by atoms with E-state index in [1.807, 2.05) is 66.0 Å². The van der Waals surface area contributed by atoms with Crippen molar-refractivity contribution < 1.29 is 4.79 Å². The van der Waals surface area contributed by atoms with Gasteiger partial charge in [0.05, 0.1) is 10.4 Å². The summed E-state index contributed by atoms with van der Waals surface area (Å²) in [6.07, 6.45) is 0. The van der Waals surface area contributed by atoms with Crippen molar-refractivity contribution in [3.8, 4) is 10.7 Å². The Hall–Kier alpha value is -3.29. The van der Waals surface area contributed by atoms with Crippen molar-refractivity contribution in [1.82, 2.24) is 14.9 Å². The number of thiophene rings is 1. The van der Waals surface area contributed by atoms with Crippen LogP contribution in [0.15, 0.2) is 72.1 Å². The highest BCUT2D eigenvalue weighted by Gasteiger charge is 2.30. The fraction of sp³-hybridized carbons (Fsp3) is 0.208. The van der Waals surface area contributed by atoms with Crippen LogP contribution in [-0.4, -0.2) is 47.0 Å². The summed E-state index contributed by atoms with van der Waals surface area (Å²) in [4.78, 5) is 27.5. The first kappa shape index (κ1) is 19.7. The van der Waals surface area contributed by atoms with E-state index in [-0.39, 0.29) is 5.91 Å². The number of para-hydroxylation sites is 1. The second kappa shape index (κ2) is 8.45. The standard InChI is InChI=1S/C24H23N5OS/c25-22(30)21(17-7-2-1-3-8-17)28-12-14-29(15-13-28)24-18-9-4-5-10-19(18)26-23(27-24)20-11-6-16-31-20/h1-11,16,21H,12-15H2,(H2,25,30). The molecule has 156 valence electrons. The van der Waals surface area contributed by atoms with Crippen LogP contribution in [0.25, 0.3) is 21.6 Å². The Bertz CT molecular complexity index is 1190. The van der Waals surface area contributed by atoms with Crippen LogP contribution in [-0.2, 0) is 4.79 Å². The first-order chi connectivity index (χ1) is 15.2. The quantitative estimate of drug-likeness (QED) is 0.523. The Kier molecular flexibility index (Phi) is 5.36. The third-order valence-corrected chi connectivity index (χ3v) is 6.55. The third kappa shape index (κ3) is 3.89. The third-order valence-electron chi connectivity index (χ3n) is 5.69. The molecule has 0 spiro atoms. The fourth-order valence-electron chi connectivity index (χ4n) is 4.20. The van der Waals surface area contributed by atoms with Crippen molar-refractivity contribution in [2.24, 2.45) is 5.73 Å². The molecular weight excluding hydrogens is 406 g/mol. The Morgan fingerprint density at radius 3 is 2.35 bits per heavy atom. The Morgan fingerprint density at radius 2 is 1.65 bits per heavy atom. The maximum atomic E-state index is 12.2. The number of aromatic nitrogens is 2. The number of nitrogens with two attached hydrogens (primary N) is 1. The first-order valence-electron chi connectivity index (χ1n) is 10.3. The van der Waals surface area contributed by atoms with Crippen molar-refractivity contribution in [2.45, 2.75) is 6.04 Å². The van der Waals surface area contributed by atoms with Gasteiger partial charge in [-0.1, -0.05) is 48.5 Å². The summed E-state index contributed by atoms with van der Waals surface area (Å²) in [7, 11) is 0. The molecule has 7 heteroatoms. The number of hydrogen-bond acceptors (Lipinski definition) is 6. The van der Waals surface area contributed by atoms with Gasteiger partial charge in [-0.05, 0) is 29.1 Å². The van der Waals surface area contributed by atoms with E-state index in [9.17, 15) is 4.79 Å². The number of piperazine rings is 1. The molecule has 3 heterocycles. The average Bonchev–Trinajstić information content (AvgIpc) is 3.35. The topological polar surface area (TPSA) is 75.4 Å². The van der Waals surface area contributed by atoms with Gasteiger partial charge >= 0.3 is 0 Å². The van der Waals surface area contributed by atoms with Crippen molar-refractivity contribution in [1.29, 1.82) is 0 Å². The molecule has 1 atom stereocenters. The zero-order chi connectivity index (χ0) is 21.2. The van der Waals surface area contributed by atoms with Crippen LogP contribution in [0.3, 0.4) is 0 Å². The smallest absolute Gasteiger partial charge is 0.239 e. The highest BCUT2D eigenvalue weighted by molar-refractivity contribution is 7.13. The highest BCUT2D eigenvalue weighted by atomic mass is 32.1. The van der Waals surface area contributed by atoms with Gasteiger partial charge in [0.1, 0.15) is 11.9 Å². The van der Waals surface area contributed by atoms with Gasteiger partial charge in [0, 0.05) is 31.6 Å². The van der Waals surface area contributed by atoms with Crippen molar-refractivity contribution >= 4 is 34.0 Å². The zero-order valence-electron chi connectivity index (χ0n) is 17.0. The van der Waals surface area contributed by atoms with Gasteiger partial charge < -0.3 is 10.6 Å². The van der Waals surface area contributed by atoms with E-state index < -0.39 is 6.04 Å². The van der Waals surface area contributed by atoms with Gasteiger partial charge in [0.15, 0.2) is 5.82 Å². The molecule has 6 nitrogen and oxygen atoms in total. The normalized spacial score (nSPS) is 15.8. The molecule has 2 N–H and O–H groups in total. The molecule has 2 aromatic heterocycles. The lowest BCUT2D eigenvalue weighted by Crippen LogP contribution is -2.50. The summed E-state index contributed by atoms with van der Waals surface area (Å²) < 4.78 is 0. The minimum atomic E-state index is -0.410. The number of primary amides is 1. The van der Waals surface area contributed by atoms with Gasteiger partial charge in [0.2, 0.25) is 5.91 Å². The molecule has 2 aromatic carbocycles. The Morgan fingerprint density at radius 1 is 0.903 bits per heavy atom. The monoisotopic (exact) mass is 429 g/mol. The van der Waals surface area contributed by atoms with E-state index in [1.54, 1.807) is 11.3 Å². The van der Waals surface area contributed by atoms with E-state index in [1.165, 1.54) is 0 Å². The number of fused-ring (bicyclic) bond motifs is 1. The number of carbonyl (C=O) groups excluding carboxylic acids is 1. The van der Waals surface area contributed by atoms with E-state index in [4.69, 9.17) is 15.7 Å². The minimum absolute atomic E-state index is 0.313. The molecule has 1 unspecified atom stereocenters. The number of rotatable bonds is 5. The van der Waals surface area contributed by atoms with Gasteiger partial charge in [-0.15, -0.1) is 11.3 Å². The lowest BCUT2D eigenvalue weighted by atomic mass is 10.0. The molecule has 0 bridgehead atoms. The SMILES string of the molecule is NC(=O)C(c1ccccc1)N1CCN(c2nc(-c3cccs3)nc3ccccc23)CC1. The Labute approximate surface area is 185 Å². The summed E-state index contributed by atoms with van der Waals surface area (Å²) in [5.74, 6) is 1.39. The van der Waals surface area contributed by atoms with E-state index in [0.29, 0.717) is 0 Å². The molecule has 0 radical (unpaired) electrons. The average molecular weight is 430 g/mol. The number of carbonyl (C=O) groups is 1. The van der Waals surface area contributed by atoms with Crippen molar-refractivity contribution in [3.05, 3.63) is 77.7 Å². The predicted octanol–water partition coefficient (Wildman–Crippen LogP) is 3.71. The number of amides is 1. The summed E-state index contributed by atoms with van der Waals surface area (Å²) in [5, 5.41) is 3.09. The number of hydrogen-bond donors (Lipinski definition) is 1. The molecule has 1 aliphatic heterocycles. The van der Waals surface area contributed by atoms with E-state index in [0.717, 1.165) is 59.2 Å². The second-order valence-corrected chi connectivity index (χ2v) is 8.55. The summed E-state index contributed by atoms with van der Waals surface area (Å²) in [6, 6.07) is 21.6.